The smallest absolute Gasteiger partial charge is 0.423 e. The van der Waals surface area contributed by atoms with Crippen LogP contribution in [-0.4, -0.2) is 26.7 Å². The third-order valence-electron chi connectivity index (χ3n) is 5.40. The number of hydrogen-bond acceptors (Lipinski definition) is 3. The third-order valence-corrected chi connectivity index (χ3v) is 5.40. The molecule has 25 heavy (non-hydrogen) atoms. The molecular formula is C20H17BN2O2. The van der Waals surface area contributed by atoms with Crippen LogP contribution in [0.3, 0.4) is 0 Å². The lowest BCUT2D eigenvalue weighted by Gasteiger charge is -2.33. The van der Waals surface area contributed by atoms with E-state index in [4.69, 9.17) is 0 Å². The van der Waals surface area contributed by atoms with Gasteiger partial charge < -0.3 is 14.6 Å². The van der Waals surface area contributed by atoms with Crippen molar-refractivity contribution in [3.05, 3.63) is 66.0 Å². The van der Waals surface area contributed by atoms with Crippen LogP contribution in [0.5, 0.6) is 0 Å². The number of para-hydroxylation sites is 1. The quantitative estimate of drug-likeness (QED) is 0.528. The minimum absolute atomic E-state index is 0.195. The highest BCUT2D eigenvalue weighted by molar-refractivity contribution is 6.59. The van der Waals surface area contributed by atoms with Gasteiger partial charge in [0.25, 0.3) is 0 Å². The largest absolute Gasteiger partial charge is 0.488 e. The highest BCUT2D eigenvalue weighted by atomic mass is 16.4. The van der Waals surface area contributed by atoms with Crippen LogP contribution < -0.4 is 5.46 Å². The predicted molar refractivity (Wildman–Crippen MR) is 101 cm³/mol. The maximum absolute atomic E-state index is 9.57. The maximum atomic E-state index is 9.57. The van der Waals surface area contributed by atoms with Gasteiger partial charge in [0.15, 0.2) is 0 Å². The summed E-state index contributed by atoms with van der Waals surface area (Å²) >= 11 is 0. The molecule has 0 atom stereocenters. The van der Waals surface area contributed by atoms with E-state index in [2.05, 4.69) is 47.7 Å². The Kier molecular flexibility index (Phi) is 2.77. The number of fused-ring (bicyclic) bond motifs is 5. The predicted octanol–water partition coefficient (Wildman–Crippen LogP) is 2.50. The average molecular weight is 328 g/mol. The first-order chi connectivity index (χ1) is 12.0. The van der Waals surface area contributed by atoms with Crippen LogP contribution in [0.25, 0.3) is 27.5 Å². The summed E-state index contributed by atoms with van der Waals surface area (Å²) < 4.78 is 2.25. The van der Waals surface area contributed by atoms with E-state index >= 15 is 0 Å². The first kappa shape index (κ1) is 14.7. The number of benzene rings is 2. The van der Waals surface area contributed by atoms with Crippen molar-refractivity contribution in [3.63, 3.8) is 0 Å². The molecule has 4 aromatic rings. The number of nitrogens with zero attached hydrogens (tertiary/aromatic N) is 2. The van der Waals surface area contributed by atoms with Gasteiger partial charge in [0.05, 0.1) is 22.4 Å². The summed E-state index contributed by atoms with van der Waals surface area (Å²) in [6.45, 7) is 4.41. The lowest BCUT2D eigenvalue weighted by Crippen LogP contribution is -2.29. The Balaban J connectivity index is 2.04. The van der Waals surface area contributed by atoms with E-state index in [1.807, 2.05) is 24.4 Å². The molecule has 0 unspecified atom stereocenters. The van der Waals surface area contributed by atoms with Crippen LogP contribution in [0, 0.1) is 0 Å². The molecule has 1 aliphatic heterocycles. The highest BCUT2D eigenvalue weighted by Crippen LogP contribution is 2.46. The monoisotopic (exact) mass is 328 g/mol. The van der Waals surface area contributed by atoms with Gasteiger partial charge in [-0.3, -0.25) is 4.98 Å². The Bertz CT molecular complexity index is 1160. The minimum Gasteiger partial charge on any atom is -0.423 e. The zero-order chi connectivity index (χ0) is 17.3. The van der Waals surface area contributed by atoms with Gasteiger partial charge in [0.2, 0.25) is 0 Å². The molecule has 2 N–H and O–H groups in total. The lowest BCUT2D eigenvalue weighted by atomic mass is 9.77. The van der Waals surface area contributed by atoms with Crippen molar-refractivity contribution in [3.8, 4) is 5.69 Å². The lowest BCUT2D eigenvalue weighted by molar-refractivity contribution is 0.426. The summed E-state index contributed by atoms with van der Waals surface area (Å²) in [5.41, 5.74) is 5.91. The van der Waals surface area contributed by atoms with Crippen molar-refractivity contribution in [1.29, 1.82) is 0 Å². The fourth-order valence-electron chi connectivity index (χ4n) is 4.19. The van der Waals surface area contributed by atoms with Gasteiger partial charge in [-0.25, -0.2) is 0 Å². The van der Waals surface area contributed by atoms with Gasteiger partial charge in [0.1, 0.15) is 0 Å². The van der Waals surface area contributed by atoms with Gasteiger partial charge in [-0.2, -0.15) is 0 Å². The second-order valence-electron chi connectivity index (χ2n) is 7.18. The standard InChI is InChI=1S/C20H17BN2O2/c1-20(2)15-6-3-5-13-14-11-12(21(24)25)8-9-16(14)23(18(13)15)17-7-4-10-22-19(17)20/h3-11,24-25H,1-2H3. The summed E-state index contributed by atoms with van der Waals surface area (Å²) in [6, 6.07) is 16.0. The first-order valence-corrected chi connectivity index (χ1v) is 8.40. The highest BCUT2D eigenvalue weighted by Gasteiger charge is 2.36. The molecule has 0 spiro atoms. The third kappa shape index (κ3) is 1.77. The van der Waals surface area contributed by atoms with Crippen molar-refractivity contribution in [1.82, 2.24) is 9.55 Å². The van der Waals surface area contributed by atoms with Gasteiger partial charge in [0, 0.05) is 22.4 Å². The molecule has 2 aromatic heterocycles. The van der Waals surface area contributed by atoms with Crippen LogP contribution in [0.15, 0.2) is 54.7 Å². The Labute approximate surface area is 145 Å². The molecule has 5 rings (SSSR count). The molecule has 2 aromatic carbocycles. The minimum atomic E-state index is -1.47. The van der Waals surface area contributed by atoms with Crippen LogP contribution >= 0.6 is 0 Å². The molecule has 3 heterocycles. The molecule has 0 amide bonds. The van der Waals surface area contributed by atoms with E-state index in [1.165, 1.54) is 11.1 Å². The summed E-state index contributed by atoms with van der Waals surface area (Å²) in [6.07, 6.45) is 1.84. The van der Waals surface area contributed by atoms with E-state index < -0.39 is 7.12 Å². The molecule has 0 aliphatic carbocycles. The summed E-state index contributed by atoms with van der Waals surface area (Å²) in [4.78, 5) is 4.69. The van der Waals surface area contributed by atoms with Crippen molar-refractivity contribution in [2.45, 2.75) is 19.3 Å². The molecule has 5 heteroatoms. The van der Waals surface area contributed by atoms with Crippen LogP contribution in [0.4, 0.5) is 0 Å². The first-order valence-electron chi connectivity index (χ1n) is 8.40. The fourth-order valence-corrected chi connectivity index (χ4v) is 4.19. The van der Waals surface area contributed by atoms with E-state index in [9.17, 15) is 10.0 Å². The van der Waals surface area contributed by atoms with Gasteiger partial charge in [-0.15, -0.1) is 0 Å². The zero-order valence-corrected chi connectivity index (χ0v) is 14.1. The molecular weight excluding hydrogens is 311 g/mol. The van der Waals surface area contributed by atoms with Crippen LogP contribution in [0.1, 0.15) is 25.1 Å². The molecule has 0 saturated heterocycles. The summed E-state index contributed by atoms with van der Waals surface area (Å²) in [7, 11) is -1.47. The normalized spacial score (nSPS) is 14.7. The number of hydrogen-bond donors (Lipinski definition) is 2. The zero-order valence-electron chi connectivity index (χ0n) is 14.1. The topological polar surface area (TPSA) is 58.3 Å². The van der Waals surface area contributed by atoms with E-state index in [0.29, 0.717) is 5.46 Å². The second kappa shape index (κ2) is 4.72. The van der Waals surface area contributed by atoms with E-state index in [-0.39, 0.29) is 5.41 Å². The van der Waals surface area contributed by atoms with Gasteiger partial charge in [-0.05, 0) is 43.1 Å². The number of pyridine rings is 1. The van der Waals surface area contributed by atoms with Crippen molar-refractivity contribution < 1.29 is 10.0 Å². The molecule has 4 nitrogen and oxygen atoms in total. The summed E-state index contributed by atoms with van der Waals surface area (Å²) in [5, 5.41) is 21.3. The fraction of sp³-hybridized carbons (Fsp3) is 0.150. The Hall–Kier alpha value is -2.63. The number of aromatic nitrogens is 2. The molecule has 122 valence electrons. The molecule has 0 saturated carbocycles. The summed E-state index contributed by atoms with van der Waals surface area (Å²) in [5.74, 6) is 0. The second-order valence-corrected chi connectivity index (χ2v) is 7.18. The van der Waals surface area contributed by atoms with E-state index in [1.54, 1.807) is 6.07 Å². The average Bonchev–Trinajstić information content (AvgIpc) is 2.94. The van der Waals surface area contributed by atoms with Crippen LogP contribution in [-0.2, 0) is 5.41 Å². The number of rotatable bonds is 1. The van der Waals surface area contributed by atoms with Crippen molar-refractivity contribution in [2.24, 2.45) is 0 Å². The molecule has 1 aliphatic rings. The van der Waals surface area contributed by atoms with Crippen molar-refractivity contribution in [2.75, 3.05) is 0 Å². The Morgan fingerprint density at radius 2 is 1.84 bits per heavy atom. The van der Waals surface area contributed by atoms with Gasteiger partial charge in [-0.1, -0.05) is 30.3 Å². The molecule has 0 bridgehead atoms. The Morgan fingerprint density at radius 3 is 2.64 bits per heavy atom. The Morgan fingerprint density at radius 1 is 1.00 bits per heavy atom. The molecule has 0 radical (unpaired) electrons. The SMILES string of the molecule is CC1(C)c2ncccc2-n2c3ccc(B(O)O)cc3c3cccc1c32. The van der Waals surface area contributed by atoms with Crippen molar-refractivity contribution >= 4 is 34.4 Å². The van der Waals surface area contributed by atoms with Gasteiger partial charge >= 0.3 is 7.12 Å². The van der Waals surface area contributed by atoms with Crippen LogP contribution in [0.2, 0.25) is 0 Å². The maximum Gasteiger partial charge on any atom is 0.488 e. The van der Waals surface area contributed by atoms with E-state index in [0.717, 1.165) is 27.7 Å². The molecule has 0 fully saturated rings.